The van der Waals surface area contributed by atoms with Crippen LogP contribution >= 0.6 is 27.3 Å². The second-order valence-corrected chi connectivity index (χ2v) is 7.16. The Labute approximate surface area is 118 Å². The maximum Gasteiger partial charge on any atom is 0.335 e. The predicted octanol–water partition coefficient (Wildman–Crippen LogP) is 5.02. The molecule has 0 saturated heterocycles. The first-order valence-corrected chi connectivity index (χ1v) is 7.73. The zero-order chi connectivity index (χ0) is 12.7. The molecular weight excluding hydrogens is 312 g/mol. The van der Waals surface area contributed by atoms with E-state index >= 15 is 0 Å². The van der Waals surface area contributed by atoms with Crippen LogP contribution < -0.4 is 0 Å². The van der Waals surface area contributed by atoms with Gasteiger partial charge in [-0.25, -0.2) is 4.79 Å². The second-order valence-electron chi connectivity index (χ2n) is 4.79. The van der Waals surface area contributed by atoms with E-state index in [0.717, 1.165) is 4.70 Å². The zero-order valence-electron chi connectivity index (χ0n) is 9.78. The third-order valence-electron chi connectivity index (χ3n) is 3.69. The number of rotatable bonds is 2. The molecule has 1 aromatic carbocycles. The summed E-state index contributed by atoms with van der Waals surface area (Å²) in [7, 11) is 0. The Kier molecular flexibility index (Phi) is 3.16. The van der Waals surface area contributed by atoms with Crippen LogP contribution in [0.1, 0.15) is 47.5 Å². The molecule has 1 fully saturated rings. The average Bonchev–Trinajstić information content (AvgIpc) is 2.93. The molecule has 1 aliphatic carbocycles. The van der Waals surface area contributed by atoms with Gasteiger partial charge in [-0.3, -0.25) is 0 Å². The molecule has 2 aromatic rings. The minimum Gasteiger partial charge on any atom is -0.478 e. The van der Waals surface area contributed by atoms with Crippen molar-refractivity contribution in [2.24, 2.45) is 0 Å². The summed E-state index contributed by atoms with van der Waals surface area (Å²) in [6.07, 6.45) is 5.12. The van der Waals surface area contributed by atoms with Gasteiger partial charge >= 0.3 is 5.97 Å². The number of fused-ring (bicyclic) bond motifs is 1. The molecule has 2 nitrogen and oxygen atoms in total. The van der Waals surface area contributed by atoms with E-state index in [2.05, 4.69) is 15.9 Å². The van der Waals surface area contributed by atoms with Gasteiger partial charge in [0.25, 0.3) is 0 Å². The van der Waals surface area contributed by atoms with Gasteiger partial charge in [0.15, 0.2) is 0 Å². The van der Waals surface area contributed by atoms with E-state index in [9.17, 15) is 4.79 Å². The molecule has 18 heavy (non-hydrogen) atoms. The highest BCUT2D eigenvalue weighted by molar-refractivity contribution is 9.11. The first-order chi connectivity index (χ1) is 8.66. The lowest BCUT2D eigenvalue weighted by molar-refractivity contribution is 0.0697. The van der Waals surface area contributed by atoms with Gasteiger partial charge in [0, 0.05) is 4.70 Å². The van der Waals surface area contributed by atoms with Gasteiger partial charge in [-0.05, 0) is 57.8 Å². The summed E-state index contributed by atoms with van der Waals surface area (Å²) in [5.41, 5.74) is 1.76. The second kappa shape index (κ2) is 4.67. The Bertz CT molecular complexity index is 612. The first kappa shape index (κ1) is 12.2. The fraction of sp³-hybridized carbons (Fsp3) is 0.357. The first-order valence-electron chi connectivity index (χ1n) is 6.12. The standard InChI is InChI=1S/C14H13BrO2S/c15-13-12(8-3-1-2-4-8)10-6-5-9(14(16)17)7-11(10)18-13/h5-8H,1-4H2,(H,16,17). The Morgan fingerprint density at radius 1 is 1.33 bits per heavy atom. The van der Waals surface area contributed by atoms with Gasteiger partial charge < -0.3 is 5.11 Å². The number of halogens is 1. The summed E-state index contributed by atoms with van der Waals surface area (Å²) in [6.45, 7) is 0. The van der Waals surface area contributed by atoms with Gasteiger partial charge in [0.05, 0.1) is 9.35 Å². The molecule has 1 aliphatic rings. The van der Waals surface area contributed by atoms with E-state index in [0.29, 0.717) is 11.5 Å². The number of hydrogen-bond donors (Lipinski definition) is 1. The summed E-state index contributed by atoms with van der Waals surface area (Å²) >= 11 is 5.30. The smallest absolute Gasteiger partial charge is 0.335 e. The molecular formula is C14H13BrO2S. The van der Waals surface area contributed by atoms with E-state index in [1.807, 2.05) is 6.07 Å². The van der Waals surface area contributed by atoms with Crippen molar-refractivity contribution in [3.63, 3.8) is 0 Å². The Balaban J connectivity index is 2.14. The van der Waals surface area contributed by atoms with Crippen molar-refractivity contribution in [3.8, 4) is 0 Å². The maximum absolute atomic E-state index is 11.0. The van der Waals surface area contributed by atoms with Crippen molar-refractivity contribution in [2.75, 3.05) is 0 Å². The average molecular weight is 325 g/mol. The molecule has 0 bridgehead atoms. The molecule has 0 radical (unpaired) electrons. The largest absolute Gasteiger partial charge is 0.478 e. The summed E-state index contributed by atoms with van der Waals surface area (Å²) in [5, 5.41) is 10.3. The fourth-order valence-corrected chi connectivity index (χ4v) is 4.93. The third-order valence-corrected chi connectivity index (χ3v) is 5.56. The highest BCUT2D eigenvalue weighted by Gasteiger charge is 2.23. The SMILES string of the molecule is O=C(O)c1ccc2c(C3CCCC3)c(Br)sc2c1. The van der Waals surface area contributed by atoms with Crippen LogP contribution in [-0.2, 0) is 0 Å². The molecule has 94 valence electrons. The molecule has 4 heteroatoms. The van der Waals surface area contributed by atoms with Crippen molar-refractivity contribution in [3.05, 3.63) is 33.1 Å². The predicted molar refractivity (Wildman–Crippen MR) is 77.7 cm³/mol. The Morgan fingerprint density at radius 2 is 2.06 bits per heavy atom. The molecule has 1 N–H and O–H groups in total. The summed E-state index contributed by atoms with van der Waals surface area (Å²) in [6, 6.07) is 5.46. The molecule has 0 atom stereocenters. The third kappa shape index (κ3) is 1.97. The lowest BCUT2D eigenvalue weighted by Crippen LogP contribution is -1.95. The topological polar surface area (TPSA) is 37.3 Å². The van der Waals surface area contributed by atoms with Gasteiger partial charge in [0.2, 0.25) is 0 Å². The quantitative estimate of drug-likeness (QED) is 0.842. The van der Waals surface area contributed by atoms with Crippen LogP contribution in [0.3, 0.4) is 0 Å². The van der Waals surface area contributed by atoms with Crippen LogP contribution in [0, 0.1) is 0 Å². The van der Waals surface area contributed by atoms with Crippen molar-refractivity contribution in [1.82, 2.24) is 0 Å². The maximum atomic E-state index is 11.0. The van der Waals surface area contributed by atoms with Crippen molar-refractivity contribution in [2.45, 2.75) is 31.6 Å². The van der Waals surface area contributed by atoms with Crippen LogP contribution in [0.4, 0.5) is 0 Å². The lowest BCUT2D eigenvalue weighted by Gasteiger charge is -2.09. The molecule has 3 rings (SSSR count). The number of carboxylic acid groups (broad SMARTS) is 1. The Hall–Kier alpha value is -0.870. The van der Waals surface area contributed by atoms with Crippen LogP contribution in [0.25, 0.3) is 10.1 Å². The summed E-state index contributed by atoms with van der Waals surface area (Å²) < 4.78 is 2.25. The molecule has 1 saturated carbocycles. The van der Waals surface area contributed by atoms with Crippen LogP contribution in [0.5, 0.6) is 0 Å². The molecule has 1 heterocycles. The van der Waals surface area contributed by atoms with Gasteiger partial charge in [-0.15, -0.1) is 11.3 Å². The van der Waals surface area contributed by atoms with Gasteiger partial charge in [-0.2, -0.15) is 0 Å². The van der Waals surface area contributed by atoms with Crippen molar-refractivity contribution in [1.29, 1.82) is 0 Å². The number of hydrogen-bond acceptors (Lipinski definition) is 2. The molecule has 0 amide bonds. The van der Waals surface area contributed by atoms with Crippen molar-refractivity contribution >= 4 is 43.3 Å². The highest BCUT2D eigenvalue weighted by atomic mass is 79.9. The number of benzene rings is 1. The molecule has 0 aliphatic heterocycles. The molecule has 1 aromatic heterocycles. The number of carboxylic acids is 1. The number of aromatic carboxylic acids is 1. The molecule has 0 spiro atoms. The lowest BCUT2D eigenvalue weighted by atomic mass is 9.97. The number of carbonyl (C=O) groups is 1. The van der Waals surface area contributed by atoms with E-state index < -0.39 is 5.97 Å². The van der Waals surface area contributed by atoms with E-state index in [4.69, 9.17) is 5.11 Å². The minimum absolute atomic E-state index is 0.370. The number of thiophene rings is 1. The zero-order valence-corrected chi connectivity index (χ0v) is 12.2. The van der Waals surface area contributed by atoms with E-state index in [-0.39, 0.29) is 0 Å². The van der Waals surface area contributed by atoms with E-state index in [1.54, 1.807) is 23.5 Å². The van der Waals surface area contributed by atoms with Crippen LogP contribution in [-0.4, -0.2) is 11.1 Å². The monoisotopic (exact) mass is 324 g/mol. The van der Waals surface area contributed by atoms with Crippen LogP contribution in [0.2, 0.25) is 0 Å². The van der Waals surface area contributed by atoms with E-state index in [1.165, 1.54) is 40.4 Å². The summed E-state index contributed by atoms with van der Waals surface area (Å²) in [5.74, 6) is -0.215. The minimum atomic E-state index is -0.858. The van der Waals surface area contributed by atoms with Crippen molar-refractivity contribution < 1.29 is 9.90 Å². The molecule has 0 unspecified atom stereocenters. The summed E-state index contributed by atoms with van der Waals surface area (Å²) in [4.78, 5) is 11.0. The fourth-order valence-electron chi connectivity index (χ4n) is 2.81. The van der Waals surface area contributed by atoms with Gasteiger partial charge in [-0.1, -0.05) is 18.9 Å². The highest BCUT2D eigenvalue weighted by Crippen LogP contribution is 2.45. The normalized spacial score (nSPS) is 16.5. The Morgan fingerprint density at radius 3 is 2.72 bits per heavy atom. The van der Waals surface area contributed by atoms with Crippen LogP contribution in [0.15, 0.2) is 22.0 Å². The van der Waals surface area contributed by atoms with Gasteiger partial charge in [0.1, 0.15) is 0 Å².